The SMILES string of the molecule is COC(=O)c1cccc(-c2coc(N[C@@H](Cc3csc(C)n3)c3ccc(NS(=O)(=O)O)cc3)n2)c1. The fraction of sp³-hybridized carbons (Fsp3) is 0.174. The molecule has 0 fully saturated rings. The summed E-state index contributed by atoms with van der Waals surface area (Å²) in [5.41, 5.74) is 3.55. The number of carbonyl (C=O) groups excluding carboxylic acids is 1. The van der Waals surface area contributed by atoms with Crippen molar-refractivity contribution in [2.45, 2.75) is 19.4 Å². The molecule has 0 saturated heterocycles. The van der Waals surface area contributed by atoms with Crippen LogP contribution in [-0.4, -0.2) is 36.0 Å². The Morgan fingerprint density at radius 2 is 1.97 bits per heavy atom. The van der Waals surface area contributed by atoms with Crippen LogP contribution in [0.3, 0.4) is 0 Å². The molecule has 1 atom stereocenters. The molecule has 35 heavy (non-hydrogen) atoms. The molecule has 4 rings (SSSR count). The number of aromatic nitrogens is 2. The highest BCUT2D eigenvalue weighted by Crippen LogP contribution is 2.28. The predicted molar refractivity (Wildman–Crippen MR) is 132 cm³/mol. The molecule has 10 nitrogen and oxygen atoms in total. The second-order valence-electron chi connectivity index (χ2n) is 7.57. The number of rotatable bonds is 9. The number of nitrogens with zero attached hydrogens (tertiary/aromatic N) is 2. The monoisotopic (exact) mass is 514 g/mol. The van der Waals surface area contributed by atoms with Gasteiger partial charge in [0, 0.05) is 17.4 Å². The Morgan fingerprint density at radius 1 is 1.20 bits per heavy atom. The Balaban J connectivity index is 1.58. The maximum Gasteiger partial charge on any atom is 0.357 e. The first-order chi connectivity index (χ1) is 16.7. The zero-order valence-electron chi connectivity index (χ0n) is 18.8. The highest BCUT2D eigenvalue weighted by Gasteiger charge is 2.18. The lowest BCUT2D eigenvalue weighted by Crippen LogP contribution is -2.15. The number of esters is 1. The van der Waals surface area contributed by atoms with Crippen LogP contribution in [0.1, 0.15) is 32.7 Å². The van der Waals surface area contributed by atoms with Crippen molar-refractivity contribution in [2.75, 3.05) is 17.1 Å². The van der Waals surface area contributed by atoms with E-state index in [2.05, 4.69) is 15.3 Å². The van der Waals surface area contributed by atoms with E-state index in [0.29, 0.717) is 23.2 Å². The number of hydrogen-bond acceptors (Lipinski definition) is 9. The quantitative estimate of drug-likeness (QED) is 0.217. The number of hydrogen-bond donors (Lipinski definition) is 3. The summed E-state index contributed by atoms with van der Waals surface area (Å²) in [6, 6.07) is 13.4. The Morgan fingerprint density at radius 3 is 2.63 bits per heavy atom. The molecular formula is C23H22N4O6S2. The molecule has 0 unspecified atom stereocenters. The van der Waals surface area contributed by atoms with Gasteiger partial charge < -0.3 is 14.5 Å². The van der Waals surface area contributed by atoms with Crippen LogP contribution in [-0.2, 0) is 21.5 Å². The van der Waals surface area contributed by atoms with Crippen LogP contribution in [0.2, 0.25) is 0 Å². The van der Waals surface area contributed by atoms with Crippen molar-refractivity contribution in [3.05, 3.63) is 82.0 Å². The Hall–Kier alpha value is -3.74. The van der Waals surface area contributed by atoms with Gasteiger partial charge in [-0.25, -0.2) is 9.78 Å². The lowest BCUT2D eigenvalue weighted by molar-refractivity contribution is 0.0600. The van der Waals surface area contributed by atoms with Crippen molar-refractivity contribution in [1.82, 2.24) is 9.97 Å². The van der Waals surface area contributed by atoms with Gasteiger partial charge in [-0.1, -0.05) is 24.3 Å². The van der Waals surface area contributed by atoms with Gasteiger partial charge in [-0.15, -0.1) is 11.3 Å². The molecule has 2 aromatic heterocycles. The second-order valence-corrected chi connectivity index (χ2v) is 9.78. The first kappa shape index (κ1) is 24.4. The van der Waals surface area contributed by atoms with Crippen LogP contribution in [0, 0.1) is 6.92 Å². The zero-order valence-corrected chi connectivity index (χ0v) is 20.4. The third-order valence-corrected chi connectivity index (χ3v) is 6.34. The maximum atomic E-state index is 11.8. The van der Waals surface area contributed by atoms with Gasteiger partial charge in [0.1, 0.15) is 12.0 Å². The summed E-state index contributed by atoms with van der Waals surface area (Å²) >= 11 is 1.54. The molecule has 0 aliphatic carbocycles. The topological polar surface area (TPSA) is 144 Å². The van der Waals surface area contributed by atoms with Crippen LogP contribution in [0.25, 0.3) is 11.3 Å². The molecule has 0 spiro atoms. The Bertz CT molecular complexity index is 1430. The first-order valence-corrected chi connectivity index (χ1v) is 12.7. The van der Waals surface area contributed by atoms with Gasteiger partial charge in [-0.3, -0.25) is 9.27 Å². The third-order valence-electron chi connectivity index (χ3n) is 5.02. The van der Waals surface area contributed by atoms with Crippen molar-refractivity contribution < 1.29 is 26.9 Å². The molecule has 4 aromatic rings. The molecule has 2 heterocycles. The number of benzene rings is 2. The van der Waals surface area contributed by atoms with Gasteiger partial charge in [0.05, 0.1) is 35.1 Å². The molecule has 182 valence electrons. The van der Waals surface area contributed by atoms with E-state index in [0.717, 1.165) is 16.3 Å². The Labute approximate surface area is 205 Å². The van der Waals surface area contributed by atoms with Crippen molar-refractivity contribution >= 4 is 39.3 Å². The van der Waals surface area contributed by atoms with Crippen molar-refractivity contribution in [3.8, 4) is 11.3 Å². The van der Waals surface area contributed by atoms with Gasteiger partial charge in [0.2, 0.25) is 0 Å². The third kappa shape index (κ3) is 6.44. The van der Waals surface area contributed by atoms with Crippen molar-refractivity contribution in [1.29, 1.82) is 0 Å². The average Bonchev–Trinajstić information content (AvgIpc) is 3.46. The highest BCUT2D eigenvalue weighted by molar-refractivity contribution is 7.87. The van der Waals surface area contributed by atoms with E-state index in [1.807, 2.05) is 23.1 Å². The second kappa shape index (κ2) is 10.3. The van der Waals surface area contributed by atoms with Gasteiger partial charge in [-0.05, 0) is 36.8 Å². The molecule has 0 amide bonds. The minimum absolute atomic E-state index is 0.225. The maximum absolute atomic E-state index is 11.8. The van der Waals surface area contributed by atoms with Crippen LogP contribution in [0.4, 0.5) is 11.7 Å². The van der Waals surface area contributed by atoms with Gasteiger partial charge >= 0.3 is 16.3 Å². The highest BCUT2D eigenvalue weighted by atomic mass is 32.2. The number of aryl methyl sites for hydroxylation is 1. The van der Waals surface area contributed by atoms with E-state index < -0.39 is 16.3 Å². The summed E-state index contributed by atoms with van der Waals surface area (Å²) in [4.78, 5) is 20.9. The van der Waals surface area contributed by atoms with Crippen LogP contribution < -0.4 is 10.0 Å². The molecule has 2 aromatic carbocycles. The molecule has 0 bridgehead atoms. The minimum atomic E-state index is -4.37. The van der Waals surface area contributed by atoms with Crippen LogP contribution in [0.15, 0.2) is 64.6 Å². The standard InChI is InChI=1S/C23H22N4O6S2/c1-14-24-19(13-34-14)11-20(15-6-8-18(9-7-15)27-35(29,30)31)25-23-26-21(12-33-23)16-4-3-5-17(10-16)22(28)32-2/h3-10,12-13,20,27H,11H2,1-2H3,(H,25,26)(H,29,30,31)/t20-/m0/s1. The molecule has 12 heteroatoms. The number of thiazole rings is 1. The van der Waals surface area contributed by atoms with E-state index in [1.54, 1.807) is 53.8 Å². The van der Waals surface area contributed by atoms with Gasteiger partial charge in [0.15, 0.2) is 0 Å². The van der Waals surface area contributed by atoms with Gasteiger partial charge in [-0.2, -0.15) is 13.4 Å². The summed E-state index contributed by atoms with van der Waals surface area (Å²) in [7, 11) is -3.04. The number of nitrogens with one attached hydrogen (secondary N) is 2. The summed E-state index contributed by atoms with van der Waals surface area (Å²) in [5.74, 6) is -0.445. The number of methoxy groups -OCH3 is 1. The molecule has 0 saturated carbocycles. The molecular weight excluding hydrogens is 492 g/mol. The Kier molecular flexibility index (Phi) is 7.15. The first-order valence-electron chi connectivity index (χ1n) is 10.4. The predicted octanol–water partition coefficient (Wildman–Crippen LogP) is 4.50. The minimum Gasteiger partial charge on any atom is -0.465 e. The van der Waals surface area contributed by atoms with E-state index in [-0.39, 0.29) is 17.7 Å². The van der Waals surface area contributed by atoms with Crippen LogP contribution >= 0.6 is 11.3 Å². The average molecular weight is 515 g/mol. The van der Waals surface area contributed by atoms with E-state index >= 15 is 0 Å². The molecule has 0 radical (unpaired) electrons. The number of anilines is 2. The lowest BCUT2D eigenvalue weighted by atomic mass is 10.0. The van der Waals surface area contributed by atoms with E-state index in [9.17, 15) is 13.2 Å². The molecule has 0 aliphatic rings. The fourth-order valence-corrected chi connectivity index (χ4v) is 4.50. The summed E-state index contributed by atoms with van der Waals surface area (Å²) < 4.78 is 43.6. The summed E-state index contributed by atoms with van der Waals surface area (Å²) in [6.45, 7) is 1.93. The van der Waals surface area contributed by atoms with Gasteiger partial charge in [0.25, 0.3) is 6.01 Å². The molecule has 3 N–H and O–H groups in total. The smallest absolute Gasteiger partial charge is 0.357 e. The fourth-order valence-electron chi connectivity index (χ4n) is 3.44. The molecule has 0 aliphatic heterocycles. The van der Waals surface area contributed by atoms with E-state index in [4.69, 9.17) is 13.7 Å². The summed E-state index contributed by atoms with van der Waals surface area (Å²) in [5, 5.41) is 6.18. The number of carbonyl (C=O) groups is 1. The number of oxazole rings is 1. The summed E-state index contributed by atoms with van der Waals surface area (Å²) in [6.07, 6.45) is 2.01. The lowest BCUT2D eigenvalue weighted by Gasteiger charge is -2.17. The van der Waals surface area contributed by atoms with Crippen LogP contribution in [0.5, 0.6) is 0 Å². The normalized spacial score (nSPS) is 12.2. The van der Waals surface area contributed by atoms with Crippen molar-refractivity contribution in [3.63, 3.8) is 0 Å². The largest absolute Gasteiger partial charge is 0.465 e. The van der Waals surface area contributed by atoms with E-state index in [1.165, 1.54) is 13.4 Å². The zero-order chi connectivity index (χ0) is 25.0. The van der Waals surface area contributed by atoms with Crippen molar-refractivity contribution in [2.24, 2.45) is 0 Å². The number of ether oxygens (including phenoxy) is 1.